The first-order valence-corrected chi connectivity index (χ1v) is 6.64. The van der Waals surface area contributed by atoms with Crippen molar-refractivity contribution in [1.29, 1.82) is 0 Å². The zero-order chi connectivity index (χ0) is 12.6. The van der Waals surface area contributed by atoms with E-state index in [-0.39, 0.29) is 5.41 Å². The Morgan fingerprint density at radius 1 is 1.35 bits per heavy atom. The van der Waals surface area contributed by atoms with Gasteiger partial charge in [0.15, 0.2) is 0 Å². The minimum absolute atomic E-state index is 0.253. The Kier molecular flexibility index (Phi) is 7.04. The van der Waals surface area contributed by atoms with Gasteiger partial charge >= 0.3 is 0 Å². The molecule has 0 bridgehead atoms. The van der Waals surface area contributed by atoms with E-state index >= 15 is 0 Å². The van der Waals surface area contributed by atoms with Crippen molar-refractivity contribution < 1.29 is 14.2 Å². The molecule has 2 unspecified atom stereocenters. The van der Waals surface area contributed by atoms with Gasteiger partial charge in [0.25, 0.3) is 0 Å². The minimum Gasteiger partial charge on any atom is -0.382 e. The molecule has 0 saturated carbocycles. The van der Waals surface area contributed by atoms with Gasteiger partial charge in [0, 0.05) is 32.3 Å². The summed E-state index contributed by atoms with van der Waals surface area (Å²) in [7, 11) is 1.70. The van der Waals surface area contributed by atoms with Gasteiger partial charge in [-0.25, -0.2) is 0 Å². The average molecular weight is 245 g/mol. The van der Waals surface area contributed by atoms with Gasteiger partial charge < -0.3 is 19.5 Å². The van der Waals surface area contributed by atoms with E-state index in [9.17, 15) is 0 Å². The molecule has 0 spiro atoms. The van der Waals surface area contributed by atoms with E-state index in [1.54, 1.807) is 7.11 Å². The van der Waals surface area contributed by atoms with Gasteiger partial charge in [0.1, 0.15) is 0 Å². The maximum atomic E-state index is 5.72. The maximum absolute atomic E-state index is 5.72. The Balaban J connectivity index is 2.31. The standard InChI is InChI=1S/C13H27NO3/c1-4-14-11-13(6-8-17-12(13)2)5-7-16-10-9-15-3/h12,14H,4-11H2,1-3H3. The molecule has 0 aromatic carbocycles. The Morgan fingerprint density at radius 2 is 2.18 bits per heavy atom. The van der Waals surface area contributed by atoms with E-state index in [1.165, 1.54) is 0 Å². The van der Waals surface area contributed by atoms with Gasteiger partial charge in [-0.05, 0) is 26.3 Å². The fourth-order valence-electron chi connectivity index (χ4n) is 2.36. The second-order valence-corrected chi connectivity index (χ2v) is 4.76. The van der Waals surface area contributed by atoms with Crippen molar-refractivity contribution in [1.82, 2.24) is 5.32 Å². The molecule has 102 valence electrons. The average Bonchev–Trinajstić information content (AvgIpc) is 2.69. The van der Waals surface area contributed by atoms with Crippen LogP contribution in [-0.2, 0) is 14.2 Å². The van der Waals surface area contributed by atoms with Crippen molar-refractivity contribution in [2.24, 2.45) is 5.41 Å². The molecule has 0 radical (unpaired) electrons. The van der Waals surface area contributed by atoms with Crippen molar-refractivity contribution in [2.45, 2.75) is 32.8 Å². The van der Waals surface area contributed by atoms with E-state index in [1.807, 2.05) is 0 Å². The number of nitrogens with one attached hydrogen (secondary N) is 1. The molecule has 17 heavy (non-hydrogen) atoms. The summed E-state index contributed by atoms with van der Waals surface area (Å²) in [5.41, 5.74) is 0.253. The van der Waals surface area contributed by atoms with Gasteiger partial charge in [-0.3, -0.25) is 0 Å². The van der Waals surface area contributed by atoms with Crippen molar-refractivity contribution in [3.05, 3.63) is 0 Å². The fraction of sp³-hybridized carbons (Fsp3) is 1.00. The van der Waals surface area contributed by atoms with Crippen LogP contribution in [0.25, 0.3) is 0 Å². The molecule has 0 aromatic heterocycles. The zero-order valence-corrected chi connectivity index (χ0v) is 11.5. The summed E-state index contributed by atoms with van der Waals surface area (Å²) in [4.78, 5) is 0. The first-order chi connectivity index (χ1) is 8.25. The number of ether oxygens (including phenoxy) is 3. The molecule has 1 fully saturated rings. The fourth-order valence-corrected chi connectivity index (χ4v) is 2.36. The lowest BCUT2D eigenvalue weighted by Gasteiger charge is -2.32. The number of methoxy groups -OCH3 is 1. The second kappa shape index (κ2) is 8.03. The van der Waals surface area contributed by atoms with Crippen LogP contribution in [0.4, 0.5) is 0 Å². The van der Waals surface area contributed by atoms with E-state index in [4.69, 9.17) is 14.2 Å². The SMILES string of the molecule is CCNCC1(CCOCCOC)CCOC1C. The summed E-state index contributed by atoms with van der Waals surface area (Å²) in [6.45, 7) is 9.39. The van der Waals surface area contributed by atoms with E-state index < -0.39 is 0 Å². The van der Waals surface area contributed by atoms with Crippen LogP contribution in [0.1, 0.15) is 26.7 Å². The largest absolute Gasteiger partial charge is 0.382 e. The molecule has 1 aliphatic heterocycles. The Morgan fingerprint density at radius 3 is 2.76 bits per heavy atom. The quantitative estimate of drug-likeness (QED) is 0.624. The summed E-state index contributed by atoms with van der Waals surface area (Å²) < 4.78 is 16.3. The van der Waals surface area contributed by atoms with Crippen LogP contribution in [-0.4, -0.2) is 52.7 Å². The van der Waals surface area contributed by atoms with E-state index in [0.29, 0.717) is 19.3 Å². The summed E-state index contributed by atoms with van der Waals surface area (Å²) in [6.07, 6.45) is 2.52. The van der Waals surface area contributed by atoms with Gasteiger partial charge in [0.05, 0.1) is 19.3 Å². The first kappa shape index (κ1) is 14.9. The van der Waals surface area contributed by atoms with Gasteiger partial charge in [-0.1, -0.05) is 6.92 Å². The molecule has 1 aliphatic rings. The maximum Gasteiger partial charge on any atom is 0.0700 e. The van der Waals surface area contributed by atoms with Crippen molar-refractivity contribution in [3.63, 3.8) is 0 Å². The van der Waals surface area contributed by atoms with Crippen LogP contribution in [0, 0.1) is 5.41 Å². The molecular weight excluding hydrogens is 218 g/mol. The van der Waals surface area contributed by atoms with Crippen LogP contribution in [0.3, 0.4) is 0 Å². The van der Waals surface area contributed by atoms with Gasteiger partial charge in [-0.2, -0.15) is 0 Å². The predicted molar refractivity (Wildman–Crippen MR) is 68.3 cm³/mol. The van der Waals surface area contributed by atoms with Crippen molar-refractivity contribution in [2.75, 3.05) is 46.6 Å². The zero-order valence-electron chi connectivity index (χ0n) is 11.5. The number of hydrogen-bond donors (Lipinski definition) is 1. The lowest BCUT2D eigenvalue weighted by molar-refractivity contribution is 0.0210. The van der Waals surface area contributed by atoms with Crippen LogP contribution < -0.4 is 5.32 Å². The molecule has 0 aromatic rings. The monoisotopic (exact) mass is 245 g/mol. The lowest BCUT2D eigenvalue weighted by Crippen LogP contribution is -2.40. The number of rotatable bonds is 9. The first-order valence-electron chi connectivity index (χ1n) is 6.64. The molecule has 2 atom stereocenters. The highest BCUT2D eigenvalue weighted by Gasteiger charge is 2.40. The van der Waals surface area contributed by atoms with E-state index in [2.05, 4.69) is 19.2 Å². The van der Waals surface area contributed by atoms with Crippen LogP contribution in [0.2, 0.25) is 0 Å². The normalized spacial score (nSPS) is 28.8. The molecule has 1 saturated heterocycles. The summed E-state index contributed by atoms with van der Waals surface area (Å²) in [6, 6.07) is 0. The van der Waals surface area contributed by atoms with Crippen LogP contribution >= 0.6 is 0 Å². The molecule has 0 aliphatic carbocycles. The molecule has 1 heterocycles. The van der Waals surface area contributed by atoms with E-state index in [0.717, 1.165) is 39.1 Å². The highest BCUT2D eigenvalue weighted by molar-refractivity contribution is 4.91. The summed E-state index contributed by atoms with van der Waals surface area (Å²) in [5.74, 6) is 0. The third-order valence-electron chi connectivity index (χ3n) is 3.73. The second-order valence-electron chi connectivity index (χ2n) is 4.76. The third-order valence-corrected chi connectivity index (χ3v) is 3.73. The van der Waals surface area contributed by atoms with Gasteiger partial charge in [-0.15, -0.1) is 0 Å². The van der Waals surface area contributed by atoms with Crippen molar-refractivity contribution >= 4 is 0 Å². The topological polar surface area (TPSA) is 39.7 Å². The molecule has 4 nitrogen and oxygen atoms in total. The number of hydrogen-bond acceptors (Lipinski definition) is 4. The Hall–Kier alpha value is -0.160. The molecule has 1 N–H and O–H groups in total. The van der Waals surface area contributed by atoms with Crippen LogP contribution in [0.5, 0.6) is 0 Å². The molecular formula is C13H27NO3. The summed E-state index contributed by atoms with van der Waals surface area (Å²) >= 11 is 0. The highest BCUT2D eigenvalue weighted by atomic mass is 16.5. The Labute approximate surface area is 105 Å². The highest BCUT2D eigenvalue weighted by Crippen LogP contribution is 2.37. The third kappa shape index (κ3) is 4.54. The molecule has 4 heteroatoms. The predicted octanol–water partition coefficient (Wildman–Crippen LogP) is 1.44. The smallest absolute Gasteiger partial charge is 0.0700 e. The molecule has 0 amide bonds. The Bertz CT molecular complexity index is 201. The molecule has 1 rings (SSSR count). The van der Waals surface area contributed by atoms with Crippen LogP contribution in [0.15, 0.2) is 0 Å². The lowest BCUT2D eigenvalue weighted by atomic mass is 9.78. The summed E-state index contributed by atoms with van der Waals surface area (Å²) in [5, 5.41) is 3.45. The van der Waals surface area contributed by atoms with Gasteiger partial charge in [0.2, 0.25) is 0 Å². The van der Waals surface area contributed by atoms with Crippen molar-refractivity contribution in [3.8, 4) is 0 Å². The minimum atomic E-state index is 0.253.